The van der Waals surface area contributed by atoms with Gasteiger partial charge in [-0.25, -0.2) is 14.6 Å². The van der Waals surface area contributed by atoms with E-state index >= 15 is 0 Å². The van der Waals surface area contributed by atoms with Crippen molar-refractivity contribution in [3.05, 3.63) is 77.5 Å². The SMILES string of the molecule is CCC(C)[C@H](NC(=O)OCC1c2ccccc2-c2ccccc21)C(=O)NCc1ocnc1C(=O)O. The second-order valence-corrected chi connectivity index (χ2v) is 8.48. The van der Waals surface area contributed by atoms with Crippen molar-refractivity contribution >= 4 is 18.0 Å². The summed E-state index contributed by atoms with van der Waals surface area (Å²) in [7, 11) is 0. The lowest BCUT2D eigenvalue weighted by atomic mass is 9.98. The summed E-state index contributed by atoms with van der Waals surface area (Å²) in [5.74, 6) is -1.98. The number of carbonyl (C=O) groups is 3. The lowest BCUT2D eigenvalue weighted by molar-refractivity contribution is -0.124. The lowest BCUT2D eigenvalue weighted by Gasteiger charge is -2.23. The van der Waals surface area contributed by atoms with Gasteiger partial charge in [0.25, 0.3) is 0 Å². The topological polar surface area (TPSA) is 131 Å². The van der Waals surface area contributed by atoms with Crippen molar-refractivity contribution in [2.24, 2.45) is 5.92 Å². The van der Waals surface area contributed by atoms with Crippen molar-refractivity contribution in [2.45, 2.75) is 38.8 Å². The predicted molar refractivity (Wildman–Crippen MR) is 127 cm³/mol. The van der Waals surface area contributed by atoms with Gasteiger partial charge in [-0.05, 0) is 28.2 Å². The van der Waals surface area contributed by atoms with Crippen LogP contribution in [-0.4, -0.2) is 40.7 Å². The molecule has 1 unspecified atom stereocenters. The average Bonchev–Trinajstić information content (AvgIpc) is 3.47. The fraction of sp³-hybridized carbons (Fsp3) is 0.308. The lowest BCUT2D eigenvalue weighted by Crippen LogP contribution is -2.50. The van der Waals surface area contributed by atoms with Crippen molar-refractivity contribution in [3.63, 3.8) is 0 Å². The molecule has 1 aromatic heterocycles. The highest BCUT2D eigenvalue weighted by Crippen LogP contribution is 2.44. The third-order valence-corrected chi connectivity index (χ3v) is 6.38. The normalized spacial score (nSPS) is 13.9. The van der Waals surface area contributed by atoms with E-state index in [0.29, 0.717) is 6.42 Å². The van der Waals surface area contributed by atoms with Gasteiger partial charge in [0.15, 0.2) is 17.8 Å². The Balaban J connectivity index is 1.40. The number of nitrogens with zero attached hydrogens (tertiary/aromatic N) is 1. The molecule has 1 aliphatic carbocycles. The molecule has 1 aliphatic rings. The van der Waals surface area contributed by atoms with Crippen LogP contribution in [0, 0.1) is 5.92 Å². The van der Waals surface area contributed by atoms with Crippen LogP contribution in [0.3, 0.4) is 0 Å². The Morgan fingerprint density at radius 1 is 1.09 bits per heavy atom. The van der Waals surface area contributed by atoms with Gasteiger partial charge < -0.3 is 24.9 Å². The molecule has 9 nitrogen and oxygen atoms in total. The number of amides is 2. The number of aromatic nitrogens is 1. The number of benzene rings is 2. The molecule has 4 rings (SSSR count). The van der Waals surface area contributed by atoms with E-state index in [4.69, 9.17) is 14.3 Å². The van der Waals surface area contributed by atoms with Gasteiger partial charge in [0.2, 0.25) is 5.91 Å². The van der Waals surface area contributed by atoms with Crippen LogP contribution in [0.4, 0.5) is 4.79 Å². The molecule has 3 N–H and O–H groups in total. The highest BCUT2D eigenvalue weighted by Gasteiger charge is 2.31. The van der Waals surface area contributed by atoms with E-state index in [2.05, 4.69) is 27.8 Å². The van der Waals surface area contributed by atoms with Crippen LogP contribution in [-0.2, 0) is 16.1 Å². The van der Waals surface area contributed by atoms with Crippen molar-refractivity contribution in [1.82, 2.24) is 15.6 Å². The minimum absolute atomic E-state index is 0.0230. The summed E-state index contributed by atoms with van der Waals surface area (Å²) in [6.07, 6.45) is 0.939. The summed E-state index contributed by atoms with van der Waals surface area (Å²) >= 11 is 0. The van der Waals surface area contributed by atoms with E-state index in [0.717, 1.165) is 28.6 Å². The molecular weight excluding hydrogens is 450 g/mol. The third kappa shape index (κ3) is 5.03. The number of hydrogen-bond acceptors (Lipinski definition) is 6. The molecule has 0 radical (unpaired) electrons. The fourth-order valence-corrected chi connectivity index (χ4v) is 4.32. The first kappa shape index (κ1) is 24.0. The maximum atomic E-state index is 12.9. The number of carboxylic acid groups (broad SMARTS) is 1. The molecule has 1 heterocycles. The standard InChI is InChI=1S/C26H27N3O6/c1-3-15(2)22(24(30)27-12-21-23(25(31)32)28-14-35-21)29-26(33)34-13-20-18-10-6-4-8-16(18)17-9-5-7-11-19(17)20/h4-11,14-15,20,22H,3,12-13H2,1-2H3,(H,27,30)(H,29,33)(H,31,32)/t15?,22-/m0/s1. The first-order chi connectivity index (χ1) is 16.9. The largest absolute Gasteiger partial charge is 0.476 e. The van der Waals surface area contributed by atoms with Crippen LogP contribution in [0.1, 0.15) is 53.6 Å². The maximum Gasteiger partial charge on any atom is 0.407 e. The van der Waals surface area contributed by atoms with E-state index in [1.165, 1.54) is 0 Å². The Bertz CT molecular complexity index is 1190. The summed E-state index contributed by atoms with van der Waals surface area (Å²) in [4.78, 5) is 40.4. The van der Waals surface area contributed by atoms with Gasteiger partial charge in [0.1, 0.15) is 12.6 Å². The minimum atomic E-state index is -1.25. The maximum absolute atomic E-state index is 12.9. The first-order valence-electron chi connectivity index (χ1n) is 11.5. The number of fused-ring (bicyclic) bond motifs is 3. The van der Waals surface area contributed by atoms with Crippen LogP contribution < -0.4 is 10.6 Å². The van der Waals surface area contributed by atoms with E-state index in [1.807, 2.05) is 50.2 Å². The molecule has 2 atom stereocenters. The molecule has 3 aromatic rings. The zero-order valence-corrected chi connectivity index (χ0v) is 19.5. The summed E-state index contributed by atoms with van der Waals surface area (Å²) in [6, 6.07) is 15.2. The number of oxazole rings is 1. The molecular formula is C26H27N3O6. The molecule has 0 spiro atoms. The number of rotatable bonds is 9. The molecule has 182 valence electrons. The van der Waals surface area contributed by atoms with Gasteiger partial charge in [-0.15, -0.1) is 0 Å². The molecule has 2 amide bonds. The summed E-state index contributed by atoms with van der Waals surface area (Å²) in [5.41, 5.74) is 4.18. The summed E-state index contributed by atoms with van der Waals surface area (Å²) < 4.78 is 10.6. The molecule has 35 heavy (non-hydrogen) atoms. The number of hydrogen-bond donors (Lipinski definition) is 3. The van der Waals surface area contributed by atoms with Crippen molar-refractivity contribution in [3.8, 4) is 11.1 Å². The Labute approximate surface area is 202 Å². The minimum Gasteiger partial charge on any atom is -0.476 e. The van der Waals surface area contributed by atoms with Gasteiger partial charge in [-0.2, -0.15) is 0 Å². The highest BCUT2D eigenvalue weighted by atomic mass is 16.5. The first-order valence-corrected chi connectivity index (χ1v) is 11.5. The van der Waals surface area contributed by atoms with Crippen LogP contribution in [0.2, 0.25) is 0 Å². The van der Waals surface area contributed by atoms with Gasteiger partial charge in [0.05, 0.1) is 6.54 Å². The Hall–Kier alpha value is -4.14. The number of alkyl carbamates (subject to hydrolysis) is 1. The molecule has 9 heteroatoms. The highest BCUT2D eigenvalue weighted by molar-refractivity contribution is 5.88. The molecule has 0 bridgehead atoms. The Kier molecular flexibility index (Phi) is 7.14. The van der Waals surface area contributed by atoms with E-state index < -0.39 is 24.0 Å². The van der Waals surface area contributed by atoms with E-state index in [1.54, 1.807) is 0 Å². The molecule has 2 aromatic carbocycles. The van der Waals surface area contributed by atoms with Gasteiger partial charge in [-0.1, -0.05) is 68.8 Å². The quantitative estimate of drug-likeness (QED) is 0.425. The van der Waals surface area contributed by atoms with Crippen molar-refractivity contribution in [1.29, 1.82) is 0 Å². The zero-order chi connectivity index (χ0) is 24.9. The van der Waals surface area contributed by atoms with E-state index in [-0.39, 0.29) is 36.4 Å². The van der Waals surface area contributed by atoms with Crippen molar-refractivity contribution in [2.75, 3.05) is 6.61 Å². The average molecular weight is 478 g/mol. The third-order valence-electron chi connectivity index (χ3n) is 6.38. The second kappa shape index (κ2) is 10.4. The van der Waals surface area contributed by atoms with Gasteiger partial charge in [0, 0.05) is 5.92 Å². The summed E-state index contributed by atoms with van der Waals surface area (Å²) in [5, 5.41) is 14.4. The van der Waals surface area contributed by atoms with Crippen LogP contribution in [0.5, 0.6) is 0 Å². The second-order valence-electron chi connectivity index (χ2n) is 8.48. The number of nitrogens with one attached hydrogen (secondary N) is 2. The number of aromatic carboxylic acids is 1. The van der Waals surface area contributed by atoms with Crippen molar-refractivity contribution < 1.29 is 28.6 Å². The van der Waals surface area contributed by atoms with Crippen LogP contribution in [0.15, 0.2) is 59.3 Å². The van der Waals surface area contributed by atoms with E-state index in [9.17, 15) is 14.4 Å². The molecule has 0 aliphatic heterocycles. The van der Waals surface area contributed by atoms with Crippen LogP contribution >= 0.6 is 0 Å². The van der Waals surface area contributed by atoms with Gasteiger partial charge >= 0.3 is 12.1 Å². The number of carbonyl (C=O) groups excluding carboxylic acids is 2. The Morgan fingerprint density at radius 2 is 1.71 bits per heavy atom. The molecule has 0 fully saturated rings. The zero-order valence-electron chi connectivity index (χ0n) is 19.5. The fourth-order valence-electron chi connectivity index (χ4n) is 4.32. The monoisotopic (exact) mass is 477 g/mol. The van der Waals surface area contributed by atoms with Crippen LogP contribution in [0.25, 0.3) is 11.1 Å². The predicted octanol–water partition coefficient (Wildman–Crippen LogP) is 3.94. The number of ether oxygens (including phenoxy) is 1. The summed E-state index contributed by atoms with van der Waals surface area (Å²) in [6.45, 7) is 3.71. The molecule has 0 saturated carbocycles. The Morgan fingerprint density at radius 3 is 2.31 bits per heavy atom. The number of carboxylic acids is 1. The molecule has 0 saturated heterocycles. The van der Waals surface area contributed by atoms with Gasteiger partial charge in [-0.3, -0.25) is 4.79 Å². The smallest absolute Gasteiger partial charge is 0.407 e.